The molecule has 1 fully saturated rings. The van der Waals surface area contributed by atoms with E-state index in [-0.39, 0.29) is 24.1 Å². The van der Waals surface area contributed by atoms with E-state index in [0.717, 1.165) is 25.8 Å². The molecule has 2 atom stereocenters. The number of ether oxygens (including phenoxy) is 1. The highest BCUT2D eigenvalue weighted by molar-refractivity contribution is 5.83. The third-order valence-electron chi connectivity index (χ3n) is 3.85. The molecule has 6 heteroatoms. The number of carbonyl (C=O) groups is 2. The van der Waals surface area contributed by atoms with Gasteiger partial charge >= 0.3 is 6.09 Å². The molecule has 0 spiro atoms. The normalized spacial score (nSPS) is 20.8. The van der Waals surface area contributed by atoms with Crippen molar-refractivity contribution in [3.05, 3.63) is 0 Å². The SMILES string of the molecule is CC(CC1CCCN1C(=O)OC(C)(C)C)NC(C)(C)C(N)=O. The molecule has 22 heavy (non-hydrogen) atoms. The smallest absolute Gasteiger partial charge is 0.410 e. The van der Waals surface area contributed by atoms with E-state index >= 15 is 0 Å². The lowest BCUT2D eigenvalue weighted by atomic mass is 10.00. The largest absolute Gasteiger partial charge is 0.444 e. The van der Waals surface area contributed by atoms with Crippen LogP contribution >= 0.6 is 0 Å². The van der Waals surface area contributed by atoms with Crippen LogP contribution in [0.1, 0.15) is 60.8 Å². The van der Waals surface area contributed by atoms with Gasteiger partial charge in [-0.15, -0.1) is 0 Å². The van der Waals surface area contributed by atoms with Gasteiger partial charge < -0.3 is 20.7 Å². The number of nitrogens with one attached hydrogen (secondary N) is 1. The maximum absolute atomic E-state index is 12.3. The topological polar surface area (TPSA) is 84.7 Å². The van der Waals surface area contributed by atoms with Crippen molar-refractivity contribution in [2.24, 2.45) is 5.73 Å². The molecule has 3 N–H and O–H groups in total. The standard InChI is InChI=1S/C16H31N3O3/c1-11(18-16(5,6)13(17)20)10-12-8-7-9-19(12)14(21)22-15(2,3)4/h11-12,18H,7-10H2,1-6H3,(H2,17,20). The van der Waals surface area contributed by atoms with Gasteiger partial charge in [-0.25, -0.2) is 4.79 Å². The fraction of sp³-hybridized carbons (Fsp3) is 0.875. The minimum atomic E-state index is -0.755. The minimum absolute atomic E-state index is 0.0792. The molecule has 1 heterocycles. The van der Waals surface area contributed by atoms with Crippen LogP contribution < -0.4 is 11.1 Å². The zero-order valence-electron chi connectivity index (χ0n) is 14.7. The van der Waals surface area contributed by atoms with Crippen LogP contribution in [0.2, 0.25) is 0 Å². The molecule has 1 rings (SSSR count). The summed E-state index contributed by atoms with van der Waals surface area (Å²) in [4.78, 5) is 25.5. The van der Waals surface area contributed by atoms with Crippen LogP contribution in [-0.4, -0.2) is 46.7 Å². The molecule has 1 saturated heterocycles. The van der Waals surface area contributed by atoms with Crippen LogP contribution in [0.15, 0.2) is 0 Å². The van der Waals surface area contributed by atoms with Crippen LogP contribution in [0.4, 0.5) is 4.79 Å². The average Bonchev–Trinajstić information content (AvgIpc) is 2.73. The second-order valence-electron chi connectivity index (χ2n) is 7.74. The monoisotopic (exact) mass is 313 g/mol. The fourth-order valence-corrected chi connectivity index (χ4v) is 2.80. The van der Waals surface area contributed by atoms with Gasteiger partial charge in [-0.1, -0.05) is 0 Å². The minimum Gasteiger partial charge on any atom is -0.444 e. The van der Waals surface area contributed by atoms with E-state index in [1.807, 2.05) is 27.7 Å². The highest BCUT2D eigenvalue weighted by atomic mass is 16.6. The molecule has 1 aliphatic heterocycles. The number of hydrogen-bond donors (Lipinski definition) is 2. The predicted molar refractivity (Wildman–Crippen MR) is 86.5 cm³/mol. The number of nitrogens with two attached hydrogens (primary N) is 1. The van der Waals surface area contributed by atoms with E-state index in [9.17, 15) is 9.59 Å². The first-order chi connectivity index (χ1) is 9.92. The van der Waals surface area contributed by atoms with Gasteiger partial charge in [0.25, 0.3) is 0 Å². The highest BCUT2D eigenvalue weighted by Gasteiger charge is 2.34. The number of hydrogen-bond acceptors (Lipinski definition) is 4. The molecule has 2 unspecified atom stereocenters. The Kier molecular flexibility index (Phi) is 5.84. The van der Waals surface area contributed by atoms with Crippen LogP contribution in [-0.2, 0) is 9.53 Å². The highest BCUT2D eigenvalue weighted by Crippen LogP contribution is 2.24. The third kappa shape index (κ3) is 5.48. The summed E-state index contributed by atoms with van der Waals surface area (Å²) < 4.78 is 5.47. The Hall–Kier alpha value is -1.30. The number of nitrogens with zero attached hydrogens (tertiary/aromatic N) is 1. The van der Waals surface area contributed by atoms with Crippen molar-refractivity contribution in [1.82, 2.24) is 10.2 Å². The van der Waals surface area contributed by atoms with Crippen LogP contribution in [0.3, 0.4) is 0 Å². The summed E-state index contributed by atoms with van der Waals surface area (Å²) in [5.74, 6) is -0.380. The summed E-state index contributed by atoms with van der Waals surface area (Å²) in [6.07, 6.45) is 2.46. The van der Waals surface area contributed by atoms with E-state index in [0.29, 0.717) is 0 Å². The molecule has 0 aromatic rings. The summed E-state index contributed by atoms with van der Waals surface area (Å²) in [5, 5.41) is 3.24. The molecular weight excluding hydrogens is 282 g/mol. The lowest BCUT2D eigenvalue weighted by molar-refractivity contribution is -0.123. The summed E-state index contributed by atoms with van der Waals surface area (Å²) in [5.41, 5.74) is 4.15. The molecule has 128 valence electrons. The Morgan fingerprint density at radius 3 is 2.41 bits per heavy atom. The molecule has 2 amide bonds. The van der Waals surface area contributed by atoms with E-state index < -0.39 is 11.1 Å². The van der Waals surface area contributed by atoms with E-state index in [2.05, 4.69) is 5.32 Å². The first kappa shape index (κ1) is 18.7. The average molecular weight is 313 g/mol. The number of amides is 2. The van der Waals surface area contributed by atoms with E-state index in [1.54, 1.807) is 18.7 Å². The Bertz CT molecular complexity index is 415. The van der Waals surface area contributed by atoms with Gasteiger partial charge in [0.05, 0.1) is 5.54 Å². The molecule has 0 radical (unpaired) electrons. The molecule has 0 saturated carbocycles. The van der Waals surface area contributed by atoms with Gasteiger partial charge in [0, 0.05) is 18.6 Å². The maximum Gasteiger partial charge on any atom is 0.410 e. The maximum atomic E-state index is 12.3. The number of primary amides is 1. The van der Waals surface area contributed by atoms with Crippen molar-refractivity contribution in [1.29, 1.82) is 0 Å². The Morgan fingerprint density at radius 2 is 1.91 bits per heavy atom. The zero-order chi connectivity index (χ0) is 17.1. The summed E-state index contributed by atoms with van der Waals surface area (Å²) >= 11 is 0. The van der Waals surface area contributed by atoms with Crippen molar-refractivity contribution in [2.45, 2.75) is 84.0 Å². The molecule has 0 aromatic heterocycles. The van der Waals surface area contributed by atoms with Crippen LogP contribution in [0.25, 0.3) is 0 Å². The van der Waals surface area contributed by atoms with Gasteiger partial charge in [-0.05, 0) is 60.8 Å². The molecular formula is C16H31N3O3. The fourth-order valence-electron chi connectivity index (χ4n) is 2.80. The second-order valence-corrected chi connectivity index (χ2v) is 7.74. The lowest BCUT2D eigenvalue weighted by Crippen LogP contribution is -2.55. The zero-order valence-corrected chi connectivity index (χ0v) is 14.7. The van der Waals surface area contributed by atoms with Gasteiger partial charge in [-0.2, -0.15) is 0 Å². The quantitative estimate of drug-likeness (QED) is 0.813. The summed E-state index contributed by atoms with van der Waals surface area (Å²) in [6, 6.07) is 0.219. The van der Waals surface area contributed by atoms with Gasteiger partial charge in [0.2, 0.25) is 5.91 Å². The number of likely N-dealkylation sites (tertiary alicyclic amines) is 1. The van der Waals surface area contributed by atoms with E-state index in [4.69, 9.17) is 10.5 Å². The third-order valence-corrected chi connectivity index (χ3v) is 3.85. The number of rotatable bonds is 5. The van der Waals surface area contributed by atoms with Gasteiger partial charge in [0.1, 0.15) is 5.60 Å². The molecule has 6 nitrogen and oxygen atoms in total. The Labute approximate surface area is 133 Å². The van der Waals surface area contributed by atoms with Gasteiger partial charge in [-0.3, -0.25) is 4.79 Å². The molecule has 0 bridgehead atoms. The van der Waals surface area contributed by atoms with Crippen molar-refractivity contribution in [2.75, 3.05) is 6.54 Å². The first-order valence-corrected chi connectivity index (χ1v) is 7.99. The predicted octanol–water partition coefficient (Wildman–Crippen LogP) is 2.02. The summed E-state index contributed by atoms with van der Waals surface area (Å²) in [7, 11) is 0. The van der Waals surface area contributed by atoms with Crippen LogP contribution in [0, 0.1) is 0 Å². The van der Waals surface area contributed by atoms with Crippen molar-refractivity contribution < 1.29 is 14.3 Å². The molecule has 0 aromatic carbocycles. The summed E-state index contributed by atoms with van der Waals surface area (Å²) in [6.45, 7) is 11.9. The van der Waals surface area contributed by atoms with Crippen LogP contribution in [0.5, 0.6) is 0 Å². The molecule has 1 aliphatic rings. The van der Waals surface area contributed by atoms with Gasteiger partial charge in [0.15, 0.2) is 0 Å². The van der Waals surface area contributed by atoms with Crippen molar-refractivity contribution >= 4 is 12.0 Å². The molecule has 0 aliphatic carbocycles. The first-order valence-electron chi connectivity index (χ1n) is 7.99. The Morgan fingerprint density at radius 1 is 1.32 bits per heavy atom. The number of carbonyl (C=O) groups excluding carboxylic acids is 2. The van der Waals surface area contributed by atoms with Crippen molar-refractivity contribution in [3.63, 3.8) is 0 Å². The van der Waals surface area contributed by atoms with Crippen molar-refractivity contribution in [3.8, 4) is 0 Å². The second kappa shape index (κ2) is 6.86. The van der Waals surface area contributed by atoms with E-state index in [1.165, 1.54) is 0 Å². The Balaban J connectivity index is 2.60. The lowest BCUT2D eigenvalue weighted by Gasteiger charge is -2.32.